The van der Waals surface area contributed by atoms with Crippen molar-refractivity contribution in [3.63, 3.8) is 0 Å². The summed E-state index contributed by atoms with van der Waals surface area (Å²) in [7, 11) is 0. The number of hydrogen-bond acceptors (Lipinski definition) is 1. The normalized spacial score (nSPS) is 10.7. The molecule has 0 N–H and O–H groups in total. The molecule has 3 rings (SSSR count). The number of nitrogens with zero attached hydrogens (tertiary/aromatic N) is 2. The van der Waals surface area contributed by atoms with E-state index < -0.39 is 0 Å². The third-order valence-electron chi connectivity index (χ3n) is 3.06. The number of halogens is 2. The highest BCUT2D eigenvalue weighted by atomic mass is 79.9. The molecule has 0 aliphatic carbocycles. The van der Waals surface area contributed by atoms with Gasteiger partial charge in [0.25, 0.3) is 0 Å². The maximum Gasteiger partial charge on any atom is 0.140 e. The summed E-state index contributed by atoms with van der Waals surface area (Å²) in [6.07, 6.45) is 3.85. The molecule has 2 nitrogen and oxygen atoms in total. The van der Waals surface area contributed by atoms with Crippen molar-refractivity contribution < 1.29 is 0 Å². The van der Waals surface area contributed by atoms with Crippen LogP contribution in [0.25, 0.3) is 11.4 Å². The quantitative estimate of drug-likeness (QED) is 0.605. The van der Waals surface area contributed by atoms with Crippen molar-refractivity contribution in [3.8, 4) is 11.4 Å². The van der Waals surface area contributed by atoms with Gasteiger partial charge in [0, 0.05) is 33.4 Å². The van der Waals surface area contributed by atoms with Gasteiger partial charge in [-0.3, -0.25) is 0 Å². The highest BCUT2D eigenvalue weighted by molar-refractivity contribution is 9.10. The van der Waals surface area contributed by atoms with Crippen molar-refractivity contribution in [1.29, 1.82) is 0 Å². The molecule has 0 amide bonds. The van der Waals surface area contributed by atoms with E-state index in [2.05, 4.69) is 71.7 Å². The molecule has 0 saturated carbocycles. The van der Waals surface area contributed by atoms with E-state index in [-0.39, 0.29) is 0 Å². The Morgan fingerprint density at radius 2 is 1.75 bits per heavy atom. The topological polar surface area (TPSA) is 17.8 Å². The van der Waals surface area contributed by atoms with E-state index >= 15 is 0 Å². The number of hydrogen-bond donors (Lipinski definition) is 0. The molecule has 4 heteroatoms. The predicted octanol–water partition coefficient (Wildman–Crippen LogP) is 5.12. The fourth-order valence-electron chi connectivity index (χ4n) is 2.13. The number of imidazole rings is 1. The van der Waals surface area contributed by atoms with Gasteiger partial charge in [-0.1, -0.05) is 56.1 Å². The number of benzene rings is 2. The molecule has 0 unspecified atom stereocenters. The molecule has 0 fully saturated rings. The lowest BCUT2D eigenvalue weighted by atomic mass is 10.2. The Morgan fingerprint density at radius 1 is 0.950 bits per heavy atom. The fourth-order valence-corrected chi connectivity index (χ4v) is 2.84. The van der Waals surface area contributed by atoms with Crippen LogP contribution in [0.15, 0.2) is 69.9 Å². The Kier molecular flexibility index (Phi) is 4.03. The van der Waals surface area contributed by atoms with Crippen molar-refractivity contribution >= 4 is 31.9 Å². The fraction of sp³-hybridized carbons (Fsp3) is 0.0625. The number of rotatable bonds is 3. The summed E-state index contributed by atoms with van der Waals surface area (Å²) in [6.45, 7) is 0.810. The van der Waals surface area contributed by atoms with E-state index in [4.69, 9.17) is 0 Å². The van der Waals surface area contributed by atoms with E-state index in [0.29, 0.717) is 0 Å². The van der Waals surface area contributed by atoms with Crippen molar-refractivity contribution in [3.05, 3.63) is 75.4 Å². The van der Waals surface area contributed by atoms with Crippen LogP contribution in [0.5, 0.6) is 0 Å². The van der Waals surface area contributed by atoms with Gasteiger partial charge in [0.15, 0.2) is 0 Å². The van der Waals surface area contributed by atoms with Crippen LogP contribution < -0.4 is 0 Å². The van der Waals surface area contributed by atoms with Gasteiger partial charge in [0.1, 0.15) is 5.82 Å². The molecule has 3 aromatic rings. The molecule has 2 aromatic carbocycles. The third-order valence-corrected chi connectivity index (χ3v) is 4.08. The monoisotopic (exact) mass is 390 g/mol. The Labute approximate surface area is 134 Å². The first-order valence-corrected chi connectivity index (χ1v) is 7.82. The van der Waals surface area contributed by atoms with Crippen molar-refractivity contribution in [1.82, 2.24) is 9.55 Å². The summed E-state index contributed by atoms with van der Waals surface area (Å²) >= 11 is 6.96. The molecular formula is C16H12Br2N2. The van der Waals surface area contributed by atoms with Crippen LogP contribution in [0.1, 0.15) is 5.56 Å². The summed E-state index contributed by atoms with van der Waals surface area (Å²) in [5.74, 6) is 0.984. The zero-order chi connectivity index (χ0) is 13.9. The summed E-state index contributed by atoms with van der Waals surface area (Å²) in [6, 6.07) is 16.6. The minimum absolute atomic E-state index is 0.810. The summed E-state index contributed by atoms with van der Waals surface area (Å²) in [4.78, 5) is 4.47. The smallest absolute Gasteiger partial charge is 0.140 e. The zero-order valence-electron chi connectivity index (χ0n) is 10.6. The SMILES string of the molecule is Brc1ccc(-c2nccn2Cc2cccc(Br)c2)cc1. The average Bonchev–Trinajstić information content (AvgIpc) is 2.88. The van der Waals surface area contributed by atoms with Gasteiger partial charge in [-0.15, -0.1) is 0 Å². The van der Waals surface area contributed by atoms with Crippen LogP contribution in [0, 0.1) is 0 Å². The lowest BCUT2D eigenvalue weighted by Gasteiger charge is -2.08. The Hall–Kier alpha value is -1.39. The molecule has 0 aliphatic rings. The second kappa shape index (κ2) is 5.94. The molecule has 100 valence electrons. The van der Waals surface area contributed by atoms with Gasteiger partial charge in [-0.2, -0.15) is 0 Å². The third kappa shape index (κ3) is 3.02. The molecule has 20 heavy (non-hydrogen) atoms. The first-order chi connectivity index (χ1) is 9.72. The van der Waals surface area contributed by atoms with Crippen LogP contribution >= 0.6 is 31.9 Å². The average molecular weight is 392 g/mol. The Balaban J connectivity index is 1.92. The van der Waals surface area contributed by atoms with Crippen molar-refractivity contribution in [2.24, 2.45) is 0 Å². The zero-order valence-corrected chi connectivity index (χ0v) is 13.8. The van der Waals surface area contributed by atoms with E-state index in [1.165, 1.54) is 5.56 Å². The lowest BCUT2D eigenvalue weighted by Crippen LogP contribution is -2.01. The van der Waals surface area contributed by atoms with Gasteiger partial charge < -0.3 is 4.57 Å². The summed E-state index contributed by atoms with van der Waals surface area (Å²) < 4.78 is 4.33. The summed E-state index contributed by atoms with van der Waals surface area (Å²) in [5, 5.41) is 0. The van der Waals surface area contributed by atoms with E-state index in [1.807, 2.05) is 30.6 Å². The minimum atomic E-state index is 0.810. The molecule has 0 bridgehead atoms. The Bertz CT molecular complexity index is 717. The predicted molar refractivity (Wildman–Crippen MR) is 88.6 cm³/mol. The van der Waals surface area contributed by atoms with Gasteiger partial charge in [0.2, 0.25) is 0 Å². The largest absolute Gasteiger partial charge is 0.327 e. The molecular weight excluding hydrogens is 380 g/mol. The molecule has 0 radical (unpaired) electrons. The van der Waals surface area contributed by atoms with Crippen LogP contribution in [0.3, 0.4) is 0 Å². The second-order valence-electron chi connectivity index (χ2n) is 4.52. The van der Waals surface area contributed by atoms with Gasteiger partial charge in [0.05, 0.1) is 0 Å². The first-order valence-electron chi connectivity index (χ1n) is 6.24. The van der Waals surface area contributed by atoms with Gasteiger partial charge >= 0.3 is 0 Å². The van der Waals surface area contributed by atoms with Crippen LogP contribution in [-0.2, 0) is 6.54 Å². The standard InChI is InChI=1S/C16H12Br2N2/c17-14-6-4-13(5-7-14)16-19-8-9-20(16)11-12-2-1-3-15(18)10-12/h1-10H,11H2. The number of aromatic nitrogens is 2. The second-order valence-corrected chi connectivity index (χ2v) is 6.35. The molecule has 0 saturated heterocycles. The lowest BCUT2D eigenvalue weighted by molar-refractivity contribution is 0.806. The molecule has 0 spiro atoms. The van der Waals surface area contributed by atoms with E-state index in [0.717, 1.165) is 26.9 Å². The van der Waals surface area contributed by atoms with Crippen LogP contribution in [-0.4, -0.2) is 9.55 Å². The summed E-state index contributed by atoms with van der Waals surface area (Å²) in [5.41, 5.74) is 2.36. The van der Waals surface area contributed by atoms with E-state index in [9.17, 15) is 0 Å². The molecule has 1 heterocycles. The van der Waals surface area contributed by atoms with Crippen LogP contribution in [0.4, 0.5) is 0 Å². The van der Waals surface area contributed by atoms with Crippen molar-refractivity contribution in [2.75, 3.05) is 0 Å². The van der Waals surface area contributed by atoms with Crippen LogP contribution in [0.2, 0.25) is 0 Å². The minimum Gasteiger partial charge on any atom is -0.327 e. The maximum absolute atomic E-state index is 4.47. The highest BCUT2D eigenvalue weighted by Gasteiger charge is 2.06. The molecule has 0 aliphatic heterocycles. The van der Waals surface area contributed by atoms with E-state index in [1.54, 1.807) is 0 Å². The maximum atomic E-state index is 4.47. The van der Waals surface area contributed by atoms with Crippen molar-refractivity contribution in [2.45, 2.75) is 6.54 Å². The van der Waals surface area contributed by atoms with Gasteiger partial charge in [-0.05, 0) is 29.8 Å². The molecule has 0 atom stereocenters. The molecule has 1 aromatic heterocycles. The first kappa shape index (κ1) is 13.6. The Morgan fingerprint density at radius 3 is 2.50 bits per heavy atom. The highest BCUT2D eigenvalue weighted by Crippen LogP contribution is 2.21. The van der Waals surface area contributed by atoms with Gasteiger partial charge in [-0.25, -0.2) is 4.98 Å².